The second-order valence-corrected chi connectivity index (χ2v) is 7.89. The van der Waals surface area contributed by atoms with Crippen molar-refractivity contribution in [2.75, 3.05) is 12.8 Å². The summed E-state index contributed by atoms with van der Waals surface area (Å²) in [6.07, 6.45) is 4.30. The number of carboxylic acid groups (broad SMARTS) is 1. The van der Waals surface area contributed by atoms with E-state index in [1.54, 1.807) is 4.90 Å². The van der Waals surface area contributed by atoms with Crippen LogP contribution in [0.1, 0.15) is 42.5 Å². The van der Waals surface area contributed by atoms with Gasteiger partial charge in [-0.2, -0.15) is 0 Å². The summed E-state index contributed by atoms with van der Waals surface area (Å²) in [4.78, 5) is 25.3. The number of carbonyl (C=O) groups excluding carboxylic acids is 1. The van der Waals surface area contributed by atoms with Crippen molar-refractivity contribution in [3.63, 3.8) is 0 Å². The molecule has 1 aromatic carbocycles. The predicted octanol–water partition coefficient (Wildman–Crippen LogP) is 1.95. The van der Waals surface area contributed by atoms with Crippen LogP contribution in [0.25, 0.3) is 0 Å². The van der Waals surface area contributed by atoms with Gasteiger partial charge in [0.05, 0.1) is 4.90 Å². The van der Waals surface area contributed by atoms with Gasteiger partial charge in [-0.1, -0.05) is 0 Å². The van der Waals surface area contributed by atoms with Crippen LogP contribution in [0.4, 0.5) is 0 Å². The lowest BCUT2D eigenvalue weighted by Gasteiger charge is -2.35. The summed E-state index contributed by atoms with van der Waals surface area (Å²) >= 11 is 0. The van der Waals surface area contributed by atoms with E-state index in [0.29, 0.717) is 18.5 Å². The fourth-order valence-corrected chi connectivity index (χ4v) is 3.50. The minimum atomic E-state index is -3.29. The van der Waals surface area contributed by atoms with E-state index in [9.17, 15) is 18.0 Å². The molecule has 0 radical (unpaired) electrons. The van der Waals surface area contributed by atoms with Crippen molar-refractivity contribution in [3.05, 3.63) is 29.8 Å². The second-order valence-electron chi connectivity index (χ2n) is 5.88. The van der Waals surface area contributed by atoms with E-state index in [1.165, 1.54) is 24.3 Å². The molecule has 1 N–H and O–H groups in total. The Bertz CT molecular complexity index is 681. The average molecular weight is 339 g/mol. The number of likely N-dealkylation sites (tertiary alicyclic amines) is 1. The Kier molecular flexibility index (Phi) is 5.41. The number of amides is 1. The largest absolute Gasteiger partial charge is 0.481 e. The summed E-state index contributed by atoms with van der Waals surface area (Å²) in [7, 11) is -3.29. The van der Waals surface area contributed by atoms with Crippen molar-refractivity contribution < 1.29 is 23.1 Å². The molecule has 0 spiro atoms. The zero-order valence-electron chi connectivity index (χ0n) is 13.1. The van der Waals surface area contributed by atoms with Gasteiger partial charge in [-0.15, -0.1) is 0 Å². The number of carbonyl (C=O) groups is 2. The maximum atomic E-state index is 12.6. The lowest BCUT2D eigenvalue weighted by atomic mass is 9.97. The monoisotopic (exact) mass is 339 g/mol. The first-order valence-electron chi connectivity index (χ1n) is 7.62. The molecule has 23 heavy (non-hydrogen) atoms. The number of piperidine rings is 1. The second kappa shape index (κ2) is 7.12. The lowest BCUT2D eigenvalue weighted by molar-refractivity contribution is -0.137. The number of hydrogen-bond donors (Lipinski definition) is 1. The highest BCUT2D eigenvalue weighted by atomic mass is 32.2. The number of carboxylic acids is 1. The first-order chi connectivity index (χ1) is 10.8. The van der Waals surface area contributed by atoms with Gasteiger partial charge in [-0.05, 0) is 49.9 Å². The zero-order valence-corrected chi connectivity index (χ0v) is 13.9. The fourth-order valence-electron chi connectivity index (χ4n) is 2.87. The highest BCUT2D eigenvalue weighted by molar-refractivity contribution is 7.90. The molecule has 0 bridgehead atoms. The first kappa shape index (κ1) is 17.5. The van der Waals surface area contributed by atoms with Gasteiger partial charge in [0.1, 0.15) is 0 Å². The smallest absolute Gasteiger partial charge is 0.303 e. The molecule has 6 nitrogen and oxygen atoms in total. The molecule has 1 aromatic rings. The normalized spacial score (nSPS) is 18.7. The van der Waals surface area contributed by atoms with Gasteiger partial charge in [0.2, 0.25) is 0 Å². The lowest BCUT2D eigenvalue weighted by Crippen LogP contribution is -2.44. The van der Waals surface area contributed by atoms with Gasteiger partial charge >= 0.3 is 5.97 Å². The van der Waals surface area contributed by atoms with Gasteiger partial charge < -0.3 is 10.0 Å². The van der Waals surface area contributed by atoms with E-state index in [0.717, 1.165) is 25.5 Å². The number of rotatable bonds is 5. The van der Waals surface area contributed by atoms with Crippen LogP contribution in [0, 0.1) is 0 Å². The molecular weight excluding hydrogens is 318 g/mol. The Hall–Kier alpha value is -1.89. The molecule has 1 saturated heterocycles. The highest BCUT2D eigenvalue weighted by Crippen LogP contribution is 2.23. The molecule has 1 aliphatic rings. The van der Waals surface area contributed by atoms with Crippen LogP contribution in [-0.2, 0) is 14.6 Å². The summed E-state index contributed by atoms with van der Waals surface area (Å²) in [5.74, 6) is -1.03. The quantitative estimate of drug-likeness (QED) is 0.885. The molecule has 0 unspecified atom stereocenters. The molecule has 1 amide bonds. The van der Waals surface area contributed by atoms with E-state index < -0.39 is 15.8 Å². The number of hydrogen-bond acceptors (Lipinski definition) is 4. The Balaban J connectivity index is 2.14. The third-order valence-corrected chi connectivity index (χ3v) is 5.24. The molecule has 0 aliphatic carbocycles. The predicted molar refractivity (Wildman–Crippen MR) is 85.1 cm³/mol. The third kappa shape index (κ3) is 4.54. The van der Waals surface area contributed by atoms with Crippen LogP contribution in [0.3, 0.4) is 0 Å². The highest BCUT2D eigenvalue weighted by Gasteiger charge is 2.27. The summed E-state index contributed by atoms with van der Waals surface area (Å²) in [6.45, 7) is 0.608. The van der Waals surface area contributed by atoms with E-state index in [1.807, 2.05) is 0 Å². The van der Waals surface area contributed by atoms with Crippen LogP contribution < -0.4 is 0 Å². The Labute approximate surface area is 136 Å². The van der Waals surface area contributed by atoms with E-state index >= 15 is 0 Å². The van der Waals surface area contributed by atoms with Crippen molar-refractivity contribution in [1.82, 2.24) is 4.90 Å². The minimum absolute atomic E-state index is 0.0431. The van der Waals surface area contributed by atoms with Crippen LogP contribution in [0.15, 0.2) is 29.2 Å². The summed E-state index contributed by atoms with van der Waals surface area (Å²) in [6, 6.07) is 5.82. The van der Waals surface area contributed by atoms with Gasteiger partial charge in [0, 0.05) is 30.8 Å². The molecule has 7 heteroatoms. The van der Waals surface area contributed by atoms with Crippen LogP contribution in [0.2, 0.25) is 0 Å². The molecule has 1 fully saturated rings. The fraction of sp³-hybridized carbons (Fsp3) is 0.500. The van der Waals surface area contributed by atoms with Crippen molar-refractivity contribution in [1.29, 1.82) is 0 Å². The SMILES string of the molecule is CS(=O)(=O)c1ccc(C(=O)N2CCCC[C@H]2CCC(=O)O)cc1. The number of benzene rings is 1. The van der Waals surface area contributed by atoms with Gasteiger partial charge in [-0.3, -0.25) is 9.59 Å². The Morgan fingerprint density at radius 1 is 1.22 bits per heavy atom. The molecule has 126 valence electrons. The van der Waals surface area contributed by atoms with Crippen molar-refractivity contribution in [2.45, 2.75) is 43.0 Å². The van der Waals surface area contributed by atoms with Crippen molar-refractivity contribution in [2.24, 2.45) is 0 Å². The number of sulfone groups is 1. The maximum absolute atomic E-state index is 12.6. The Morgan fingerprint density at radius 2 is 1.87 bits per heavy atom. The topological polar surface area (TPSA) is 91.8 Å². The maximum Gasteiger partial charge on any atom is 0.303 e. The average Bonchev–Trinajstić information content (AvgIpc) is 2.52. The zero-order chi connectivity index (χ0) is 17.0. The van der Waals surface area contributed by atoms with E-state index in [-0.39, 0.29) is 23.3 Å². The van der Waals surface area contributed by atoms with Gasteiger partial charge in [0.15, 0.2) is 9.84 Å². The first-order valence-corrected chi connectivity index (χ1v) is 9.51. The minimum Gasteiger partial charge on any atom is -0.481 e. The standard InChI is InChI=1S/C16H21NO5S/c1-23(21,22)14-8-5-12(6-9-14)16(20)17-11-3-2-4-13(17)7-10-15(18)19/h5-6,8-9,13H,2-4,7,10-11H2,1H3,(H,18,19)/t13-/m0/s1. The summed E-state index contributed by atoms with van der Waals surface area (Å²) in [5, 5.41) is 8.83. The van der Waals surface area contributed by atoms with Crippen LogP contribution >= 0.6 is 0 Å². The van der Waals surface area contributed by atoms with Crippen molar-refractivity contribution >= 4 is 21.7 Å². The summed E-state index contributed by atoms with van der Waals surface area (Å²) < 4.78 is 22.9. The van der Waals surface area contributed by atoms with Crippen LogP contribution in [-0.4, -0.2) is 49.1 Å². The van der Waals surface area contributed by atoms with Crippen molar-refractivity contribution in [3.8, 4) is 0 Å². The molecule has 1 heterocycles. The molecule has 0 aromatic heterocycles. The molecular formula is C16H21NO5S. The molecule has 2 rings (SSSR count). The molecule has 1 atom stereocenters. The number of nitrogens with zero attached hydrogens (tertiary/aromatic N) is 1. The van der Waals surface area contributed by atoms with Gasteiger partial charge in [0.25, 0.3) is 5.91 Å². The molecule has 1 aliphatic heterocycles. The third-order valence-electron chi connectivity index (χ3n) is 4.11. The Morgan fingerprint density at radius 3 is 2.43 bits per heavy atom. The number of aliphatic carboxylic acids is 1. The van der Waals surface area contributed by atoms with Gasteiger partial charge in [-0.25, -0.2) is 8.42 Å². The van der Waals surface area contributed by atoms with E-state index in [2.05, 4.69) is 0 Å². The summed E-state index contributed by atoms with van der Waals surface area (Å²) in [5.41, 5.74) is 0.430. The van der Waals surface area contributed by atoms with Crippen LogP contribution in [0.5, 0.6) is 0 Å². The molecule has 0 saturated carbocycles. The van der Waals surface area contributed by atoms with E-state index in [4.69, 9.17) is 5.11 Å².